The molecule has 0 radical (unpaired) electrons. The molecule has 0 atom stereocenters. The van der Waals surface area contributed by atoms with E-state index in [0.29, 0.717) is 0 Å². The van der Waals surface area contributed by atoms with Gasteiger partial charge < -0.3 is 9.47 Å². The van der Waals surface area contributed by atoms with Crippen LogP contribution in [0.5, 0.6) is 0 Å². The fourth-order valence-corrected chi connectivity index (χ4v) is 6.31. The van der Waals surface area contributed by atoms with Crippen LogP contribution in [0.4, 0.5) is 0 Å². The first-order valence-electron chi connectivity index (χ1n) is 12.8. The molecule has 0 aromatic carbocycles. The molecule has 2 fully saturated rings. The predicted octanol–water partition coefficient (Wildman–Crippen LogP) is 7.65. The fraction of sp³-hybridized carbons (Fsp3) is 1.00. The quantitative estimate of drug-likeness (QED) is 0.282. The summed E-state index contributed by atoms with van der Waals surface area (Å²) >= 11 is 0. The second-order valence-electron chi connectivity index (χ2n) is 9.98. The van der Waals surface area contributed by atoms with Gasteiger partial charge in [-0.25, -0.2) is 0 Å². The van der Waals surface area contributed by atoms with Gasteiger partial charge in [-0.3, -0.25) is 0 Å². The van der Waals surface area contributed by atoms with Crippen LogP contribution in [0.25, 0.3) is 0 Å². The van der Waals surface area contributed by atoms with Crippen LogP contribution in [0.3, 0.4) is 0 Å². The number of rotatable bonds is 14. The van der Waals surface area contributed by atoms with Crippen molar-refractivity contribution in [2.24, 2.45) is 29.6 Å². The summed E-state index contributed by atoms with van der Waals surface area (Å²) in [6, 6.07) is 0. The Bertz CT molecular complexity index is 343. The molecule has 0 spiro atoms. The fourth-order valence-electron chi connectivity index (χ4n) is 6.31. The van der Waals surface area contributed by atoms with Crippen LogP contribution in [-0.2, 0) is 9.47 Å². The molecule has 0 heterocycles. The Labute approximate surface area is 176 Å². The molecule has 2 aliphatic carbocycles. The maximum absolute atomic E-state index is 5.32. The molecule has 0 bridgehead atoms. The lowest BCUT2D eigenvalue weighted by Gasteiger charge is -2.40. The molecule has 0 saturated heterocycles. The zero-order chi connectivity index (χ0) is 20.0. The second kappa shape index (κ2) is 14.8. The number of hydrogen-bond donors (Lipinski definition) is 0. The molecule has 166 valence electrons. The molecular formula is C26H50O2. The summed E-state index contributed by atoms with van der Waals surface area (Å²) < 4.78 is 10.6. The van der Waals surface area contributed by atoms with Gasteiger partial charge in [0.25, 0.3) is 0 Å². The lowest BCUT2D eigenvalue weighted by Crippen LogP contribution is -2.28. The van der Waals surface area contributed by atoms with Gasteiger partial charge in [0.05, 0.1) is 0 Å². The van der Waals surface area contributed by atoms with Crippen LogP contribution in [0.1, 0.15) is 110 Å². The Hall–Kier alpha value is -0.0800. The summed E-state index contributed by atoms with van der Waals surface area (Å²) in [5, 5.41) is 0. The first-order chi connectivity index (χ1) is 13.8. The molecule has 0 aromatic heterocycles. The third-order valence-corrected chi connectivity index (χ3v) is 8.10. The van der Waals surface area contributed by atoms with E-state index < -0.39 is 0 Å². The van der Waals surface area contributed by atoms with E-state index in [1.54, 1.807) is 0 Å². The summed E-state index contributed by atoms with van der Waals surface area (Å²) in [5.41, 5.74) is 0. The maximum atomic E-state index is 5.32. The highest BCUT2D eigenvalue weighted by Crippen LogP contribution is 2.44. The molecule has 2 rings (SSSR count). The summed E-state index contributed by atoms with van der Waals surface area (Å²) in [6.45, 7) is 4.18. The minimum atomic E-state index is 0.903. The summed E-state index contributed by atoms with van der Waals surface area (Å²) in [4.78, 5) is 0. The Balaban J connectivity index is 1.69. The van der Waals surface area contributed by atoms with Crippen molar-refractivity contribution in [2.45, 2.75) is 110 Å². The van der Waals surface area contributed by atoms with Crippen molar-refractivity contribution in [2.75, 3.05) is 27.4 Å². The molecule has 0 N–H and O–H groups in total. The SMILES string of the molecule is CCCCCC1CCC(C2CCC(C(CCCOC)CCCOC)CC2)CC1. The molecule has 28 heavy (non-hydrogen) atoms. The van der Waals surface area contributed by atoms with Crippen molar-refractivity contribution < 1.29 is 9.47 Å². The van der Waals surface area contributed by atoms with Crippen LogP contribution in [0.2, 0.25) is 0 Å². The van der Waals surface area contributed by atoms with Gasteiger partial charge in [-0.15, -0.1) is 0 Å². The van der Waals surface area contributed by atoms with Gasteiger partial charge in [-0.2, -0.15) is 0 Å². The smallest absolute Gasteiger partial charge is 0.0462 e. The Kier molecular flexibility index (Phi) is 12.8. The molecule has 0 aromatic rings. The Morgan fingerprint density at radius 2 is 1.21 bits per heavy atom. The van der Waals surface area contributed by atoms with E-state index >= 15 is 0 Å². The van der Waals surface area contributed by atoms with E-state index in [-0.39, 0.29) is 0 Å². The predicted molar refractivity (Wildman–Crippen MR) is 121 cm³/mol. The van der Waals surface area contributed by atoms with Crippen molar-refractivity contribution in [1.82, 2.24) is 0 Å². The lowest BCUT2D eigenvalue weighted by atomic mass is 9.66. The summed E-state index contributed by atoms with van der Waals surface area (Å²) in [6.07, 6.45) is 23.1. The minimum Gasteiger partial charge on any atom is -0.385 e. The van der Waals surface area contributed by atoms with Gasteiger partial charge in [-0.1, -0.05) is 45.4 Å². The number of methoxy groups -OCH3 is 2. The Morgan fingerprint density at radius 3 is 1.71 bits per heavy atom. The monoisotopic (exact) mass is 394 g/mol. The largest absolute Gasteiger partial charge is 0.385 e. The molecule has 2 nitrogen and oxygen atoms in total. The molecule has 2 heteroatoms. The van der Waals surface area contributed by atoms with Crippen LogP contribution in [0, 0.1) is 29.6 Å². The Morgan fingerprint density at radius 1 is 0.679 bits per heavy atom. The zero-order valence-corrected chi connectivity index (χ0v) is 19.4. The van der Waals surface area contributed by atoms with E-state index in [0.717, 1.165) is 42.8 Å². The molecular weight excluding hydrogens is 344 g/mol. The highest BCUT2D eigenvalue weighted by Gasteiger charge is 2.32. The third kappa shape index (κ3) is 8.74. The minimum absolute atomic E-state index is 0.903. The van der Waals surface area contributed by atoms with Gasteiger partial charge in [0.15, 0.2) is 0 Å². The normalized spacial score (nSPS) is 28.7. The molecule has 2 aliphatic rings. The second-order valence-corrected chi connectivity index (χ2v) is 9.98. The van der Waals surface area contributed by atoms with Crippen LogP contribution in [0.15, 0.2) is 0 Å². The molecule has 0 amide bonds. The molecule has 0 aliphatic heterocycles. The van der Waals surface area contributed by atoms with E-state index in [2.05, 4.69) is 6.92 Å². The first kappa shape index (κ1) is 24.2. The van der Waals surface area contributed by atoms with Crippen LogP contribution < -0.4 is 0 Å². The average molecular weight is 395 g/mol. The van der Waals surface area contributed by atoms with E-state index in [4.69, 9.17) is 9.47 Å². The van der Waals surface area contributed by atoms with Gasteiger partial charge in [0.1, 0.15) is 0 Å². The van der Waals surface area contributed by atoms with Crippen molar-refractivity contribution in [1.29, 1.82) is 0 Å². The first-order valence-corrected chi connectivity index (χ1v) is 12.8. The molecule has 0 unspecified atom stereocenters. The van der Waals surface area contributed by atoms with Crippen molar-refractivity contribution in [3.63, 3.8) is 0 Å². The summed E-state index contributed by atoms with van der Waals surface area (Å²) in [5.74, 6) is 5.04. The maximum Gasteiger partial charge on any atom is 0.0462 e. The number of ether oxygens (including phenoxy) is 2. The summed E-state index contributed by atoms with van der Waals surface area (Å²) in [7, 11) is 3.67. The number of unbranched alkanes of at least 4 members (excludes halogenated alkanes) is 2. The average Bonchev–Trinajstić information content (AvgIpc) is 2.74. The molecule has 2 saturated carbocycles. The van der Waals surface area contributed by atoms with Crippen molar-refractivity contribution >= 4 is 0 Å². The number of hydrogen-bond acceptors (Lipinski definition) is 2. The van der Waals surface area contributed by atoms with Gasteiger partial charge in [0, 0.05) is 27.4 Å². The van der Waals surface area contributed by atoms with E-state index in [1.807, 2.05) is 14.2 Å². The highest BCUT2D eigenvalue weighted by molar-refractivity contribution is 4.84. The zero-order valence-electron chi connectivity index (χ0n) is 19.4. The van der Waals surface area contributed by atoms with E-state index in [9.17, 15) is 0 Å². The van der Waals surface area contributed by atoms with E-state index in [1.165, 1.54) is 103 Å². The standard InChI is InChI=1S/C26H50O2/c1-4-5-6-9-22-12-14-24(15-13-22)26-18-16-25(17-19-26)23(10-7-20-27-2)11-8-21-28-3/h22-26H,4-21H2,1-3H3. The van der Waals surface area contributed by atoms with Crippen molar-refractivity contribution in [3.05, 3.63) is 0 Å². The van der Waals surface area contributed by atoms with Crippen LogP contribution >= 0.6 is 0 Å². The third-order valence-electron chi connectivity index (χ3n) is 8.10. The van der Waals surface area contributed by atoms with Crippen molar-refractivity contribution in [3.8, 4) is 0 Å². The topological polar surface area (TPSA) is 18.5 Å². The van der Waals surface area contributed by atoms with Crippen LogP contribution in [-0.4, -0.2) is 27.4 Å². The van der Waals surface area contributed by atoms with Gasteiger partial charge >= 0.3 is 0 Å². The highest BCUT2D eigenvalue weighted by atomic mass is 16.5. The lowest BCUT2D eigenvalue weighted by molar-refractivity contribution is 0.106. The van der Waals surface area contributed by atoms with Gasteiger partial charge in [-0.05, 0) is 93.8 Å². The van der Waals surface area contributed by atoms with Gasteiger partial charge in [0.2, 0.25) is 0 Å².